The van der Waals surface area contributed by atoms with E-state index in [4.69, 9.17) is 11.6 Å². The third-order valence-electron chi connectivity index (χ3n) is 2.33. The van der Waals surface area contributed by atoms with Gasteiger partial charge in [-0.15, -0.1) is 11.6 Å². The van der Waals surface area contributed by atoms with E-state index in [-0.39, 0.29) is 0 Å². The summed E-state index contributed by atoms with van der Waals surface area (Å²) in [6.07, 6.45) is 8.36. The van der Waals surface area contributed by atoms with Crippen molar-refractivity contribution >= 4 is 11.6 Å². The minimum absolute atomic E-state index is 0.310. The van der Waals surface area contributed by atoms with Crippen LogP contribution in [0.25, 0.3) is 0 Å². The van der Waals surface area contributed by atoms with Gasteiger partial charge in [0.15, 0.2) is 0 Å². The first kappa shape index (κ1) is 11.6. The highest BCUT2D eigenvalue weighted by Crippen LogP contribution is 2.11. The van der Waals surface area contributed by atoms with Gasteiger partial charge in [-0.2, -0.15) is 5.10 Å². The molecule has 0 spiro atoms. The fraction of sp³-hybridized carbons (Fsp3) is 0.727. The molecular weight excluding hydrogens is 196 g/mol. The number of aryl methyl sites for hydroxylation is 2. The Balaban J connectivity index is 2.35. The first-order chi connectivity index (χ1) is 6.76. The van der Waals surface area contributed by atoms with Crippen LogP contribution in [0.1, 0.15) is 38.7 Å². The van der Waals surface area contributed by atoms with Crippen LogP contribution in [0.5, 0.6) is 0 Å². The molecule has 14 heavy (non-hydrogen) atoms. The van der Waals surface area contributed by atoms with Crippen LogP contribution >= 0.6 is 11.6 Å². The number of alkyl halides is 1. The third-order valence-corrected chi connectivity index (χ3v) is 2.86. The largest absolute Gasteiger partial charge is 0.272 e. The molecule has 0 aliphatic heterocycles. The summed E-state index contributed by atoms with van der Waals surface area (Å²) in [6, 6.07) is 0. The quantitative estimate of drug-likeness (QED) is 0.665. The van der Waals surface area contributed by atoms with E-state index >= 15 is 0 Å². The summed E-state index contributed by atoms with van der Waals surface area (Å²) < 4.78 is 2.00. The molecule has 0 radical (unpaired) electrons. The molecule has 2 nitrogen and oxygen atoms in total. The number of aromatic nitrogens is 2. The molecule has 0 N–H and O–H groups in total. The van der Waals surface area contributed by atoms with Crippen LogP contribution in [0.4, 0.5) is 0 Å². The van der Waals surface area contributed by atoms with Gasteiger partial charge in [0.05, 0.1) is 6.20 Å². The van der Waals surface area contributed by atoms with Crippen molar-refractivity contribution < 1.29 is 0 Å². The van der Waals surface area contributed by atoms with E-state index in [9.17, 15) is 0 Å². The molecule has 1 aromatic rings. The van der Waals surface area contributed by atoms with Crippen LogP contribution in [0, 0.1) is 0 Å². The molecule has 3 heteroatoms. The molecule has 0 fully saturated rings. The summed E-state index contributed by atoms with van der Waals surface area (Å²) in [7, 11) is 0. The van der Waals surface area contributed by atoms with E-state index in [1.54, 1.807) is 0 Å². The van der Waals surface area contributed by atoms with Crippen molar-refractivity contribution in [3.63, 3.8) is 0 Å². The lowest BCUT2D eigenvalue weighted by molar-refractivity contribution is 0.602. The monoisotopic (exact) mass is 214 g/mol. The lowest BCUT2D eigenvalue weighted by Gasteiger charge is -2.03. The van der Waals surface area contributed by atoms with Gasteiger partial charge in [-0.05, 0) is 31.2 Å². The topological polar surface area (TPSA) is 17.8 Å². The zero-order chi connectivity index (χ0) is 10.4. The molecule has 1 unspecified atom stereocenters. The van der Waals surface area contributed by atoms with Crippen molar-refractivity contribution in [1.29, 1.82) is 0 Å². The van der Waals surface area contributed by atoms with E-state index in [0.29, 0.717) is 5.38 Å². The Labute approximate surface area is 91.3 Å². The van der Waals surface area contributed by atoms with Crippen molar-refractivity contribution in [2.45, 2.75) is 51.5 Å². The molecule has 0 amide bonds. The van der Waals surface area contributed by atoms with E-state index in [1.807, 2.05) is 10.9 Å². The molecule has 1 heterocycles. The Hall–Kier alpha value is -0.500. The number of rotatable bonds is 6. The van der Waals surface area contributed by atoms with Gasteiger partial charge >= 0.3 is 0 Å². The van der Waals surface area contributed by atoms with Crippen molar-refractivity contribution in [2.24, 2.45) is 0 Å². The Kier molecular flexibility index (Phi) is 5.02. The van der Waals surface area contributed by atoms with Gasteiger partial charge in [-0.25, -0.2) is 0 Å². The predicted octanol–water partition coefficient (Wildman–Crippen LogP) is 3.24. The molecule has 1 rings (SSSR count). The summed E-state index contributed by atoms with van der Waals surface area (Å²) in [5, 5.41) is 4.59. The Morgan fingerprint density at radius 2 is 2.29 bits per heavy atom. The number of nitrogens with zero attached hydrogens (tertiary/aromatic N) is 2. The highest BCUT2D eigenvalue weighted by Gasteiger charge is 2.03. The van der Waals surface area contributed by atoms with Crippen LogP contribution in [0.2, 0.25) is 0 Å². The van der Waals surface area contributed by atoms with Gasteiger partial charge in [0, 0.05) is 18.1 Å². The molecule has 0 aromatic carbocycles. The molecule has 0 saturated heterocycles. The molecule has 0 bridgehead atoms. The first-order valence-corrected chi connectivity index (χ1v) is 5.85. The molecule has 0 aliphatic rings. The lowest BCUT2D eigenvalue weighted by Crippen LogP contribution is -1.98. The average Bonchev–Trinajstić information content (AvgIpc) is 2.63. The highest BCUT2D eigenvalue weighted by atomic mass is 35.5. The number of halogens is 1. The molecule has 0 aliphatic carbocycles. The van der Waals surface area contributed by atoms with Crippen molar-refractivity contribution in [3.05, 3.63) is 18.0 Å². The molecule has 1 atom stereocenters. The van der Waals surface area contributed by atoms with Gasteiger partial charge in [0.2, 0.25) is 0 Å². The van der Waals surface area contributed by atoms with Crippen LogP contribution in [0.15, 0.2) is 12.4 Å². The van der Waals surface area contributed by atoms with Gasteiger partial charge in [-0.1, -0.05) is 13.8 Å². The minimum atomic E-state index is 0.310. The van der Waals surface area contributed by atoms with Crippen molar-refractivity contribution in [1.82, 2.24) is 9.78 Å². The van der Waals surface area contributed by atoms with E-state index in [0.717, 1.165) is 32.2 Å². The maximum absolute atomic E-state index is 6.06. The minimum Gasteiger partial charge on any atom is -0.272 e. The first-order valence-electron chi connectivity index (χ1n) is 5.41. The molecule has 80 valence electrons. The third kappa shape index (κ3) is 3.70. The zero-order valence-corrected chi connectivity index (χ0v) is 9.80. The average molecular weight is 215 g/mol. The Morgan fingerprint density at radius 1 is 1.50 bits per heavy atom. The highest BCUT2D eigenvalue weighted by molar-refractivity contribution is 6.20. The maximum Gasteiger partial charge on any atom is 0.0521 e. The molecular formula is C11H19ClN2. The summed E-state index contributed by atoms with van der Waals surface area (Å²) in [6.45, 7) is 5.30. The molecule has 1 aromatic heterocycles. The van der Waals surface area contributed by atoms with Crippen LogP contribution < -0.4 is 0 Å². The van der Waals surface area contributed by atoms with Crippen molar-refractivity contribution in [2.75, 3.05) is 0 Å². The second-order valence-electron chi connectivity index (χ2n) is 3.66. The second kappa shape index (κ2) is 6.07. The summed E-state index contributed by atoms with van der Waals surface area (Å²) in [5.74, 6) is 0. The predicted molar refractivity (Wildman–Crippen MR) is 60.8 cm³/mol. The summed E-state index contributed by atoms with van der Waals surface area (Å²) in [5.41, 5.74) is 1.30. The fourth-order valence-electron chi connectivity index (χ4n) is 1.41. The van der Waals surface area contributed by atoms with Crippen LogP contribution in [-0.4, -0.2) is 15.2 Å². The van der Waals surface area contributed by atoms with Gasteiger partial charge in [0.1, 0.15) is 0 Å². The van der Waals surface area contributed by atoms with E-state index in [1.165, 1.54) is 5.56 Å². The van der Waals surface area contributed by atoms with Gasteiger partial charge in [-0.3, -0.25) is 4.68 Å². The summed E-state index contributed by atoms with van der Waals surface area (Å²) >= 11 is 6.06. The number of hydrogen-bond acceptors (Lipinski definition) is 1. The van der Waals surface area contributed by atoms with Crippen LogP contribution in [-0.2, 0) is 13.0 Å². The van der Waals surface area contributed by atoms with Crippen molar-refractivity contribution in [3.8, 4) is 0 Å². The normalized spacial score (nSPS) is 13.1. The lowest BCUT2D eigenvalue weighted by atomic mass is 10.1. The zero-order valence-electron chi connectivity index (χ0n) is 9.04. The van der Waals surface area contributed by atoms with E-state index < -0.39 is 0 Å². The molecule has 0 saturated carbocycles. The van der Waals surface area contributed by atoms with Gasteiger partial charge < -0.3 is 0 Å². The summed E-state index contributed by atoms with van der Waals surface area (Å²) in [4.78, 5) is 0. The number of hydrogen-bond donors (Lipinski definition) is 0. The standard InChI is InChI=1S/C11H19ClN2/c1-3-7-14-9-10(8-13-14)5-6-11(12)4-2/h8-9,11H,3-7H2,1-2H3. The second-order valence-corrected chi connectivity index (χ2v) is 4.27. The maximum atomic E-state index is 6.06. The van der Waals surface area contributed by atoms with Gasteiger partial charge in [0.25, 0.3) is 0 Å². The SMILES string of the molecule is CCCn1cc(CCC(Cl)CC)cn1. The Bertz CT molecular complexity index is 258. The van der Waals surface area contributed by atoms with E-state index in [2.05, 4.69) is 25.1 Å². The fourth-order valence-corrected chi connectivity index (χ4v) is 1.52. The van der Waals surface area contributed by atoms with Crippen LogP contribution in [0.3, 0.4) is 0 Å². The Morgan fingerprint density at radius 3 is 2.93 bits per heavy atom. The smallest absolute Gasteiger partial charge is 0.0521 e.